The third-order valence-electron chi connectivity index (χ3n) is 10.3. The minimum atomic E-state index is -1.66. The summed E-state index contributed by atoms with van der Waals surface area (Å²) in [5.74, 6) is -9.95. The average Bonchev–Trinajstić information content (AvgIpc) is 3.58. The number of amides is 5. The molecule has 4 atom stereocenters. The number of phenolic OH excluding ortho intramolecular Hbond substituents is 3. The molecule has 18 heteroatoms. The van der Waals surface area contributed by atoms with Crippen LogP contribution < -0.4 is 26.6 Å². The van der Waals surface area contributed by atoms with Crippen LogP contribution in [-0.4, -0.2) is 103 Å². The van der Waals surface area contributed by atoms with Crippen molar-refractivity contribution in [3.8, 4) is 17.2 Å². The lowest BCUT2D eigenvalue weighted by Crippen LogP contribution is -2.60. The van der Waals surface area contributed by atoms with Gasteiger partial charge in [0.25, 0.3) is 5.91 Å². The van der Waals surface area contributed by atoms with Crippen LogP contribution in [0.5, 0.6) is 17.2 Å². The summed E-state index contributed by atoms with van der Waals surface area (Å²) in [6, 6.07) is 3.97. The predicted molar refractivity (Wildman–Crippen MR) is 209 cm³/mol. The second-order valence-electron chi connectivity index (χ2n) is 15.4. The molecule has 0 bridgehead atoms. The van der Waals surface area contributed by atoms with Crippen LogP contribution in [0.2, 0.25) is 0 Å². The van der Waals surface area contributed by atoms with E-state index in [1.54, 1.807) is 33.9 Å². The van der Waals surface area contributed by atoms with Gasteiger partial charge in [-0.25, -0.2) is 4.79 Å². The van der Waals surface area contributed by atoms with E-state index in [1.165, 1.54) is 0 Å². The zero-order chi connectivity index (χ0) is 42.8. The Labute approximate surface area is 334 Å². The molecule has 0 radical (unpaired) electrons. The quantitative estimate of drug-likeness (QED) is 0.0822. The van der Waals surface area contributed by atoms with Gasteiger partial charge in [-0.3, -0.25) is 28.8 Å². The Balaban J connectivity index is 1.45. The first kappa shape index (κ1) is 44.4. The molecular weight excluding hydrogens is 756 g/mol. The van der Waals surface area contributed by atoms with Gasteiger partial charge in [0.2, 0.25) is 23.6 Å². The first-order valence-electron chi connectivity index (χ1n) is 19.1. The molecule has 3 aromatic rings. The number of H-pyrrole nitrogens is 1. The number of carboxylic acids is 2. The second-order valence-corrected chi connectivity index (χ2v) is 15.4. The molecule has 1 heterocycles. The number of aromatic nitrogens is 1. The zero-order valence-corrected chi connectivity index (χ0v) is 32.7. The molecule has 1 fully saturated rings. The van der Waals surface area contributed by atoms with Crippen molar-refractivity contribution in [2.75, 3.05) is 6.54 Å². The zero-order valence-electron chi connectivity index (χ0n) is 32.7. The molecule has 1 aliphatic rings. The van der Waals surface area contributed by atoms with E-state index in [2.05, 4.69) is 31.6 Å². The van der Waals surface area contributed by atoms with Crippen LogP contribution in [0.3, 0.4) is 0 Å². The van der Waals surface area contributed by atoms with Gasteiger partial charge in [-0.1, -0.05) is 45.9 Å². The number of aromatic hydroxyl groups is 3. The first-order valence-corrected chi connectivity index (χ1v) is 19.1. The van der Waals surface area contributed by atoms with Gasteiger partial charge >= 0.3 is 11.9 Å². The van der Waals surface area contributed by atoms with Crippen molar-refractivity contribution in [1.82, 2.24) is 31.6 Å². The standard InChI is InChI=1S/C40H52N6O12/c1-19(2)32(39(56)44-28(16-31(49)50)38(55)46-33(20(3)4)40(57)58)45-37(54)27(13-24-18-41-26-8-6-5-7-25(24)26)43-36(53)22-11-9-21(10-12-22)17-42-35(52)23-14-29(47)34(51)30(48)15-23/h5-8,14-15,18-22,27-28,32-33,41,47-48,51H,9-13,16-17H2,1-4H3,(H,42,52)(H,43,53)(H,44,56)(H,45,54)(H,46,55)(H,49,50)(H,57,58)/t21-,22+,27-,28-,32+,33+/m0/s1. The van der Waals surface area contributed by atoms with E-state index in [-0.39, 0.29) is 30.4 Å². The molecule has 1 aromatic heterocycles. The third kappa shape index (κ3) is 11.6. The SMILES string of the molecule is CC(C)[C@@H](NC(=O)[C@H](CC(=O)O)NC(=O)[C@H](NC(=O)[C@H](Cc1c[nH]c2ccccc12)NC(=O)[C@H]1CC[C@@H](CNC(=O)c2cc(O)c(O)c(O)c2)CC1)C(C)C)C(=O)O. The molecule has 2 aromatic carbocycles. The van der Waals surface area contributed by atoms with Crippen LogP contribution in [0.1, 0.15) is 75.7 Å². The Morgan fingerprint density at radius 2 is 1.33 bits per heavy atom. The molecular formula is C40H52N6O12. The van der Waals surface area contributed by atoms with Crippen molar-refractivity contribution >= 4 is 52.4 Å². The van der Waals surface area contributed by atoms with Crippen molar-refractivity contribution in [3.63, 3.8) is 0 Å². The maximum Gasteiger partial charge on any atom is 0.326 e. The van der Waals surface area contributed by atoms with Crippen molar-refractivity contribution in [2.24, 2.45) is 23.7 Å². The lowest BCUT2D eigenvalue weighted by atomic mass is 9.81. The van der Waals surface area contributed by atoms with Crippen LogP contribution in [0, 0.1) is 23.7 Å². The summed E-state index contributed by atoms with van der Waals surface area (Å²) >= 11 is 0. The fourth-order valence-electron chi connectivity index (χ4n) is 6.92. The summed E-state index contributed by atoms with van der Waals surface area (Å²) in [5, 5.41) is 61.8. The van der Waals surface area contributed by atoms with Crippen molar-refractivity contribution < 1.29 is 59.1 Å². The fourth-order valence-corrected chi connectivity index (χ4v) is 6.92. The third-order valence-corrected chi connectivity index (χ3v) is 10.3. The highest BCUT2D eigenvalue weighted by molar-refractivity contribution is 5.97. The highest BCUT2D eigenvalue weighted by Crippen LogP contribution is 2.35. The summed E-state index contributed by atoms with van der Waals surface area (Å²) in [5.41, 5.74) is 1.48. The van der Waals surface area contributed by atoms with Gasteiger partial charge in [0.15, 0.2) is 17.2 Å². The van der Waals surface area contributed by atoms with Gasteiger partial charge < -0.3 is 57.1 Å². The number of carbonyl (C=O) groups excluding carboxylic acids is 5. The molecule has 1 aliphatic carbocycles. The van der Waals surface area contributed by atoms with Crippen molar-refractivity contribution in [3.05, 3.63) is 53.7 Å². The predicted octanol–water partition coefficient (Wildman–Crippen LogP) is 1.87. The van der Waals surface area contributed by atoms with Gasteiger partial charge in [0.1, 0.15) is 24.2 Å². The van der Waals surface area contributed by atoms with E-state index < -0.39 is 101 Å². The number of para-hydroxylation sites is 1. The number of rotatable bonds is 18. The highest BCUT2D eigenvalue weighted by Gasteiger charge is 2.36. The Morgan fingerprint density at radius 1 is 0.741 bits per heavy atom. The Hall–Kier alpha value is -6.33. The highest BCUT2D eigenvalue weighted by atomic mass is 16.4. The number of fused-ring (bicyclic) bond motifs is 1. The number of phenols is 3. The van der Waals surface area contributed by atoms with Crippen LogP contribution in [0.25, 0.3) is 10.9 Å². The maximum atomic E-state index is 14.1. The Morgan fingerprint density at radius 3 is 1.91 bits per heavy atom. The first-order chi connectivity index (χ1) is 27.4. The van der Waals surface area contributed by atoms with Crippen LogP contribution in [0.15, 0.2) is 42.6 Å². The fraction of sp³-hybridized carbons (Fsp3) is 0.475. The van der Waals surface area contributed by atoms with Crippen molar-refractivity contribution in [1.29, 1.82) is 0 Å². The molecule has 11 N–H and O–H groups in total. The molecule has 1 saturated carbocycles. The lowest BCUT2D eigenvalue weighted by molar-refractivity contribution is -0.144. The summed E-state index contributed by atoms with van der Waals surface area (Å²) in [4.78, 5) is 93.7. The Bertz CT molecular complexity index is 1980. The maximum absolute atomic E-state index is 14.1. The van der Waals surface area contributed by atoms with Gasteiger partial charge in [-0.2, -0.15) is 0 Å². The van der Waals surface area contributed by atoms with Crippen LogP contribution >= 0.6 is 0 Å². The number of carbonyl (C=O) groups is 7. The molecule has 0 spiro atoms. The summed E-state index contributed by atoms with van der Waals surface area (Å²) in [6.45, 7) is 6.62. The number of hydrogen-bond acceptors (Lipinski definition) is 10. The number of aromatic amines is 1. The van der Waals surface area contributed by atoms with Gasteiger partial charge in [-0.05, 0) is 67.2 Å². The van der Waals surface area contributed by atoms with E-state index in [4.69, 9.17) is 0 Å². The summed E-state index contributed by atoms with van der Waals surface area (Å²) in [7, 11) is 0. The van der Waals surface area contributed by atoms with E-state index in [9.17, 15) is 59.1 Å². The van der Waals surface area contributed by atoms with E-state index in [0.29, 0.717) is 31.2 Å². The smallest absolute Gasteiger partial charge is 0.326 e. The monoisotopic (exact) mass is 808 g/mol. The number of carboxylic acid groups (broad SMARTS) is 2. The van der Waals surface area contributed by atoms with E-state index in [1.807, 2.05) is 24.3 Å². The Kier molecular flexibility index (Phi) is 15.1. The normalized spacial score (nSPS) is 17.4. The molecule has 0 aliphatic heterocycles. The molecule has 0 saturated heterocycles. The summed E-state index contributed by atoms with van der Waals surface area (Å²) in [6.07, 6.45) is 2.91. The number of hydrogen-bond donors (Lipinski definition) is 11. The second kappa shape index (κ2) is 19.7. The molecule has 18 nitrogen and oxygen atoms in total. The van der Waals surface area contributed by atoms with Crippen LogP contribution in [0.4, 0.5) is 0 Å². The molecule has 314 valence electrons. The average molecular weight is 809 g/mol. The van der Waals surface area contributed by atoms with Gasteiger partial charge in [-0.15, -0.1) is 0 Å². The molecule has 5 amide bonds. The minimum Gasteiger partial charge on any atom is -0.504 e. The van der Waals surface area contributed by atoms with Gasteiger partial charge in [0, 0.05) is 41.5 Å². The number of aliphatic carboxylic acids is 2. The van der Waals surface area contributed by atoms with E-state index in [0.717, 1.165) is 23.0 Å². The van der Waals surface area contributed by atoms with Crippen molar-refractivity contribution in [2.45, 2.75) is 90.4 Å². The molecule has 58 heavy (non-hydrogen) atoms. The topological polar surface area (TPSA) is 297 Å². The van der Waals surface area contributed by atoms with E-state index >= 15 is 0 Å². The van der Waals surface area contributed by atoms with Gasteiger partial charge in [0.05, 0.1) is 6.42 Å². The van der Waals surface area contributed by atoms with Crippen LogP contribution in [-0.2, 0) is 35.2 Å². The summed E-state index contributed by atoms with van der Waals surface area (Å²) < 4.78 is 0. The largest absolute Gasteiger partial charge is 0.504 e. The minimum absolute atomic E-state index is 0.00959. The lowest BCUT2D eigenvalue weighted by Gasteiger charge is -2.30. The number of nitrogens with one attached hydrogen (secondary N) is 6. The molecule has 4 rings (SSSR count). The molecule has 0 unspecified atom stereocenters. The number of benzene rings is 2.